The van der Waals surface area contributed by atoms with Gasteiger partial charge in [0, 0.05) is 23.3 Å². The van der Waals surface area contributed by atoms with Gasteiger partial charge < -0.3 is 5.32 Å². The summed E-state index contributed by atoms with van der Waals surface area (Å²) in [5, 5.41) is 4.17. The second kappa shape index (κ2) is 6.53. The van der Waals surface area contributed by atoms with Crippen LogP contribution in [0.3, 0.4) is 0 Å². The molecule has 2 aromatic rings. The smallest absolute Gasteiger partial charge is 0.0702 e. The van der Waals surface area contributed by atoms with Crippen molar-refractivity contribution in [1.82, 2.24) is 10.3 Å². The molecule has 18 heavy (non-hydrogen) atoms. The number of pyridine rings is 1. The van der Waals surface area contributed by atoms with Gasteiger partial charge in [-0.3, -0.25) is 4.98 Å². The molecule has 0 radical (unpaired) electrons. The molecule has 0 saturated carbocycles. The monoisotopic (exact) mass is 260 g/mol. The zero-order valence-corrected chi connectivity index (χ0v) is 11.2. The summed E-state index contributed by atoms with van der Waals surface area (Å²) in [4.78, 5) is 4.35. The lowest BCUT2D eigenvalue weighted by Crippen LogP contribution is -2.14. The zero-order valence-electron chi connectivity index (χ0n) is 10.5. The van der Waals surface area contributed by atoms with Crippen molar-refractivity contribution in [3.8, 4) is 11.3 Å². The van der Waals surface area contributed by atoms with Crippen LogP contribution < -0.4 is 5.32 Å². The van der Waals surface area contributed by atoms with Crippen molar-refractivity contribution in [3.05, 3.63) is 53.2 Å². The Morgan fingerprint density at radius 2 is 2.11 bits per heavy atom. The van der Waals surface area contributed by atoms with Crippen molar-refractivity contribution in [1.29, 1.82) is 0 Å². The third kappa shape index (κ3) is 3.31. The summed E-state index contributed by atoms with van der Waals surface area (Å²) >= 11 is 6.20. The maximum Gasteiger partial charge on any atom is 0.0702 e. The van der Waals surface area contributed by atoms with Gasteiger partial charge in [-0.2, -0.15) is 0 Å². The molecule has 0 aliphatic rings. The average Bonchev–Trinajstić information content (AvgIpc) is 2.42. The highest BCUT2D eigenvalue weighted by Crippen LogP contribution is 2.23. The molecular weight excluding hydrogens is 244 g/mol. The van der Waals surface area contributed by atoms with E-state index in [-0.39, 0.29) is 0 Å². The molecule has 94 valence electrons. The Bertz CT molecular complexity index is 497. The van der Waals surface area contributed by atoms with Gasteiger partial charge in [-0.05, 0) is 42.8 Å². The van der Waals surface area contributed by atoms with Crippen molar-refractivity contribution in [2.24, 2.45) is 0 Å². The highest BCUT2D eigenvalue weighted by molar-refractivity contribution is 6.31. The predicted octanol–water partition coefficient (Wildman–Crippen LogP) is 3.90. The molecular formula is C15H17ClN2. The summed E-state index contributed by atoms with van der Waals surface area (Å²) in [7, 11) is 0. The minimum Gasteiger partial charge on any atom is -0.313 e. The number of aromatic nitrogens is 1. The van der Waals surface area contributed by atoms with Gasteiger partial charge in [0.15, 0.2) is 0 Å². The lowest BCUT2D eigenvalue weighted by Gasteiger charge is -2.08. The fourth-order valence-corrected chi connectivity index (χ4v) is 1.99. The first-order valence-corrected chi connectivity index (χ1v) is 6.59. The Kier molecular flexibility index (Phi) is 4.73. The molecule has 0 bridgehead atoms. The molecule has 1 aromatic heterocycles. The van der Waals surface area contributed by atoms with Gasteiger partial charge in [0.05, 0.1) is 5.69 Å². The normalized spacial score (nSPS) is 10.6. The van der Waals surface area contributed by atoms with Crippen molar-refractivity contribution >= 4 is 11.6 Å². The number of benzene rings is 1. The molecule has 0 spiro atoms. The van der Waals surface area contributed by atoms with E-state index < -0.39 is 0 Å². The van der Waals surface area contributed by atoms with Gasteiger partial charge in [-0.1, -0.05) is 30.7 Å². The van der Waals surface area contributed by atoms with Gasteiger partial charge in [0.1, 0.15) is 0 Å². The summed E-state index contributed by atoms with van der Waals surface area (Å²) in [5.41, 5.74) is 3.20. The first kappa shape index (κ1) is 13.1. The van der Waals surface area contributed by atoms with E-state index in [1.165, 1.54) is 0 Å². The SMILES string of the molecule is CCCNCc1cc(-c2ccccn2)ccc1Cl. The van der Waals surface area contributed by atoms with E-state index in [0.717, 1.165) is 41.4 Å². The number of rotatable bonds is 5. The molecule has 0 amide bonds. The lowest BCUT2D eigenvalue weighted by molar-refractivity contribution is 0.676. The van der Waals surface area contributed by atoms with Gasteiger partial charge in [0.2, 0.25) is 0 Å². The van der Waals surface area contributed by atoms with Crippen LogP contribution in [0.2, 0.25) is 5.02 Å². The van der Waals surface area contributed by atoms with Crippen LogP contribution in [0.25, 0.3) is 11.3 Å². The molecule has 2 nitrogen and oxygen atoms in total. The molecule has 0 unspecified atom stereocenters. The third-order valence-electron chi connectivity index (χ3n) is 2.75. The third-order valence-corrected chi connectivity index (χ3v) is 3.12. The van der Waals surface area contributed by atoms with Crippen LogP contribution in [0, 0.1) is 0 Å². The molecule has 0 aliphatic carbocycles. The summed E-state index contributed by atoms with van der Waals surface area (Å²) in [6.45, 7) is 3.95. The maximum absolute atomic E-state index is 6.20. The van der Waals surface area contributed by atoms with E-state index in [4.69, 9.17) is 11.6 Å². The first-order valence-electron chi connectivity index (χ1n) is 6.22. The van der Waals surface area contributed by atoms with Crippen LogP contribution in [-0.4, -0.2) is 11.5 Å². The van der Waals surface area contributed by atoms with Gasteiger partial charge in [0.25, 0.3) is 0 Å². The number of hydrogen-bond donors (Lipinski definition) is 1. The highest BCUT2D eigenvalue weighted by Gasteiger charge is 2.04. The predicted molar refractivity (Wildman–Crippen MR) is 76.7 cm³/mol. The van der Waals surface area contributed by atoms with Crippen molar-refractivity contribution in [3.63, 3.8) is 0 Å². The molecule has 0 fully saturated rings. The van der Waals surface area contributed by atoms with Crippen LogP contribution in [0.5, 0.6) is 0 Å². The Labute approximate surface area is 113 Å². The minimum absolute atomic E-state index is 0.799. The second-order valence-corrected chi connectivity index (χ2v) is 4.61. The van der Waals surface area contributed by atoms with Crippen LogP contribution in [0.4, 0.5) is 0 Å². The molecule has 0 atom stereocenters. The standard InChI is InChI=1S/C15H17ClN2/c1-2-8-17-11-13-10-12(6-7-14(13)16)15-5-3-4-9-18-15/h3-7,9-10,17H,2,8,11H2,1H3. The topological polar surface area (TPSA) is 24.9 Å². The van der Waals surface area contributed by atoms with E-state index in [1.54, 1.807) is 6.20 Å². The Hall–Kier alpha value is -1.38. The second-order valence-electron chi connectivity index (χ2n) is 4.20. The van der Waals surface area contributed by atoms with Gasteiger partial charge in [-0.15, -0.1) is 0 Å². The van der Waals surface area contributed by atoms with E-state index in [9.17, 15) is 0 Å². The Morgan fingerprint density at radius 1 is 1.22 bits per heavy atom. The number of halogens is 1. The molecule has 1 N–H and O–H groups in total. The van der Waals surface area contributed by atoms with E-state index in [1.807, 2.05) is 30.3 Å². The average molecular weight is 261 g/mol. The van der Waals surface area contributed by atoms with Crippen LogP contribution in [-0.2, 0) is 6.54 Å². The van der Waals surface area contributed by atoms with E-state index in [2.05, 4.69) is 23.3 Å². The number of nitrogens with zero attached hydrogens (tertiary/aromatic N) is 1. The first-order chi connectivity index (χ1) is 8.81. The highest BCUT2D eigenvalue weighted by atomic mass is 35.5. The van der Waals surface area contributed by atoms with Crippen LogP contribution in [0.15, 0.2) is 42.6 Å². The zero-order chi connectivity index (χ0) is 12.8. The molecule has 0 aliphatic heterocycles. The molecule has 3 heteroatoms. The summed E-state index contributed by atoms with van der Waals surface area (Å²) in [6.07, 6.45) is 2.93. The van der Waals surface area contributed by atoms with Gasteiger partial charge in [-0.25, -0.2) is 0 Å². The van der Waals surface area contributed by atoms with Crippen LogP contribution >= 0.6 is 11.6 Å². The largest absolute Gasteiger partial charge is 0.313 e. The van der Waals surface area contributed by atoms with Crippen molar-refractivity contribution in [2.45, 2.75) is 19.9 Å². The van der Waals surface area contributed by atoms with Crippen molar-refractivity contribution < 1.29 is 0 Å². The lowest BCUT2D eigenvalue weighted by atomic mass is 10.1. The quantitative estimate of drug-likeness (QED) is 0.825. The van der Waals surface area contributed by atoms with Crippen molar-refractivity contribution in [2.75, 3.05) is 6.54 Å². The van der Waals surface area contributed by atoms with E-state index >= 15 is 0 Å². The molecule has 2 rings (SSSR count). The minimum atomic E-state index is 0.799. The van der Waals surface area contributed by atoms with Crippen LogP contribution in [0.1, 0.15) is 18.9 Å². The summed E-state index contributed by atoms with van der Waals surface area (Å²) in [6, 6.07) is 12.0. The Balaban J connectivity index is 2.21. The fraction of sp³-hybridized carbons (Fsp3) is 0.267. The molecule has 1 heterocycles. The number of hydrogen-bond acceptors (Lipinski definition) is 2. The fourth-order valence-electron chi connectivity index (χ4n) is 1.80. The maximum atomic E-state index is 6.20. The molecule has 1 aromatic carbocycles. The van der Waals surface area contributed by atoms with E-state index in [0.29, 0.717) is 0 Å². The summed E-state index contributed by atoms with van der Waals surface area (Å²) < 4.78 is 0. The van der Waals surface area contributed by atoms with Gasteiger partial charge >= 0.3 is 0 Å². The number of nitrogens with one attached hydrogen (secondary N) is 1. The molecule has 0 saturated heterocycles. The Morgan fingerprint density at radius 3 is 2.83 bits per heavy atom. The summed E-state index contributed by atoms with van der Waals surface area (Å²) in [5.74, 6) is 0.